The molecule has 14 heavy (non-hydrogen) atoms. The molecule has 0 aliphatic heterocycles. The Balaban J connectivity index is 2.18. The zero-order chi connectivity index (χ0) is 10.1. The van der Waals surface area contributed by atoms with Crippen molar-refractivity contribution in [2.45, 2.75) is 5.92 Å². The number of carboxylic acid groups (broad SMARTS) is 1. The summed E-state index contributed by atoms with van der Waals surface area (Å²) in [7, 11) is 0. The second kappa shape index (κ2) is 3.42. The lowest BCUT2D eigenvalue weighted by molar-refractivity contribution is -0.138. The lowest BCUT2D eigenvalue weighted by Gasteiger charge is -1.96. The molecule has 0 saturated heterocycles. The molecular weight excluding hydrogens is 178 g/mol. The Labute approximate surface area is 82.5 Å². The van der Waals surface area contributed by atoms with Crippen molar-refractivity contribution < 1.29 is 9.90 Å². The van der Waals surface area contributed by atoms with E-state index in [0.717, 1.165) is 5.56 Å². The van der Waals surface area contributed by atoms with Crippen LogP contribution in [-0.2, 0) is 4.79 Å². The zero-order valence-electron chi connectivity index (χ0n) is 7.76. The molecule has 0 amide bonds. The second-order valence-electron chi connectivity index (χ2n) is 3.70. The fourth-order valence-corrected chi connectivity index (χ4v) is 2.13. The van der Waals surface area contributed by atoms with Crippen molar-refractivity contribution in [1.82, 2.24) is 0 Å². The maximum Gasteiger partial charge on any atom is 0.307 e. The first-order chi connectivity index (χ1) is 6.75. The molecule has 0 aromatic heterocycles. The molecule has 1 aromatic rings. The molecule has 1 fully saturated rings. The molecule has 3 N–H and O–H groups in total. The van der Waals surface area contributed by atoms with Crippen LogP contribution in [0.5, 0.6) is 0 Å². The number of rotatable bonds is 3. The minimum absolute atomic E-state index is 0.120. The molecule has 1 aliphatic carbocycles. The normalized spacial score (nSPS) is 29.9. The molecule has 1 aromatic carbocycles. The lowest BCUT2D eigenvalue weighted by Crippen LogP contribution is -2.07. The summed E-state index contributed by atoms with van der Waals surface area (Å²) in [5.74, 6) is -0.759. The van der Waals surface area contributed by atoms with Crippen molar-refractivity contribution in [3.05, 3.63) is 35.9 Å². The van der Waals surface area contributed by atoms with Gasteiger partial charge in [-0.2, -0.15) is 0 Å². The van der Waals surface area contributed by atoms with Gasteiger partial charge in [-0.15, -0.1) is 0 Å². The summed E-state index contributed by atoms with van der Waals surface area (Å²) in [6, 6.07) is 9.73. The van der Waals surface area contributed by atoms with Crippen molar-refractivity contribution in [1.29, 1.82) is 0 Å². The molecule has 3 unspecified atom stereocenters. The molecule has 3 nitrogen and oxygen atoms in total. The van der Waals surface area contributed by atoms with Crippen LogP contribution in [0.2, 0.25) is 0 Å². The average molecular weight is 191 g/mol. The third-order valence-electron chi connectivity index (χ3n) is 2.91. The molecule has 3 atom stereocenters. The summed E-state index contributed by atoms with van der Waals surface area (Å²) < 4.78 is 0. The smallest absolute Gasteiger partial charge is 0.307 e. The number of nitrogens with two attached hydrogens (primary N) is 1. The van der Waals surface area contributed by atoms with Crippen LogP contribution in [0.1, 0.15) is 11.5 Å². The van der Waals surface area contributed by atoms with Crippen LogP contribution < -0.4 is 5.73 Å². The Morgan fingerprint density at radius 2 is 2.00 bits per heavy atom. The fraction of sp³-hybridized carbons (Fsp3) is 0.364. The van der Waals surface area contributed by atoms with Gasteiger partial charge < -0.3 is 10.8 Å². The highest BCUT2D eigenvalue weighted by atomic mass is 16.4. The van der Waals surface area contributed by atoms with Gasteiger partial charge in [0.15, 0.2) is 0 Å². The van der Waals surface area contributed by atoms with E-state index in [0.29, 0.717) is 6.54 Å². The number of carboxylic acids is 1. The van der Waals surface area contributed by atoms with E-state index in [-0.39, 0.29) is 17.8 Å². The van der Waals surface area contributed by atoms with Crippen LogP contribution in [0.15, 0.2) is 30.3 Å². The molecule has 2 rings (SSSR count). The van der Waals surface area contributed by atoms with Gasteiger partial charge in [0.2, 0.25) is 0 Å². The predicted molar refractivity (Wildman–Crippen MR) is 52.9 cm³/mol. The van der Waals surface area contributed by atoms with E-state index in [1.807, 2.05) is 30.3 Å². The molecule has 0 bridgehead atoms. The Morgan fingerprint density at radius 1 is 1.36 bits per heavy atom. The van der Waals surface area contributed by atoms with Gasteiger partial charge in [-0.05, 0) is 18.0 Å². The van der Waals surface area contributed by atoms with E-state index in [9.17, 15) is 4.79 Å². The van der Waals surface area contributed by atoms with Gasteiger partial charge in [-0.25, -0.2) is 0 Å². The van der Waals surface area contributed by atoms with Gasteiger partial charge >= 0.3 is 5.97 Å². The van der Waals surface area contributed by atoms with E-state index >= 15 is 0 Å². The Morgan fingerprint density at radius 3 is 2.43 bits per heavy atom. The molecular formula is C11H13NO2. The highest BCUT2D eigenvalue weighted by molar-refractivity contribution is 5.76. The Kier molecular flexibility index (Phi) is 2.25. The molecule has 1 saturated carbocycles. The first kappa shape index (κ1) is 9.21. The van der Waals surface area contributed by atoms with E-state index < -0.39 is 5.97 Å². The summed E-state index contributed by atoms with van der Waals surface area (Å²) in [6.45, 7) is 0.455. The fourth-order valence-electron chi connectivity index (χ4n) is 2.13. The predicted octanol–water partition coefficient (Wildman–Crippen LogP) is 1.06. The lowest BCUT2D eigenvalue weighted by atomic mass is 10.1. The van der Waals surface area contributed by atoms with Crippen LogP contribution in [0.4, 0.5) is 0 Å². The van der Waals surface area contributed by atoms with E-state index in [1.165, 1.54) is 0 Å². The second-order valence-corrected chi connectivity index (χ2v) is 3.70. The monoisotopic (exact) mass is 191 g/mol. The van der Waals surface area contributed by atoms with E-state index in [4.69, 9.17) is 10.8 Å². The van der Waals surface area contributed by atoms with Crippen molar-refractivity contribution in [2.75, 3.05) is 6.54 Å². The molecule has 0 heterocycles. The maximum atomic E-state index is 10.9. The van der Waals surface area contributed by atoms with Gasteiger partial charge in [-0.1, -0.05) is 30.3 Å². The molecule has 3 heteroatoms. The summed E-state index contributed by atoms with van der Waals surface area (Å²) in [6.07, 6.45) is 0. The summed E-state index contributed by atoms with van der Waals surface area (Å²) in [5.41, 5.74) is 6.62. The first-order valence-corrected chi connectivity index (χ1v) is 4.73. The number of aliphatic carboxylic acids is 1. The quantitative estimate of drug-likeness (QED) is 0.750. The third kappa shape index (κ3) is 1.40. The number of hydrogen-bond acceptors (Lipinski definition) is 2. The number of benzene rings is 1. The minimum atomic E-state index is -0.727. The number of carbonyl (C=O) groups is 1. The van der Waals surface area contributed by atoms with Crippen molar-refractivity contribution in [3.63, 3.8) is 0 Å². The van der Waals surface area contributed by atoms with E-state index in [1.54, 1.807) is 0 Å². The first-order valence-electron chi connectivity index (χ1n) is 4.73. The molecule has 74 valence electrons. The SMILES string of the molecule is NCC1C(C(=O)O)C1c1ccccc1. The Bertz CT molecular complexity index is 336. The third-order valence-corrected chi connectivity index (χ3v) is 2.91. The van der Waals surface area contributed by atoms with Gasteiger partial charge in [-0.3, -0.25) is 4.79 Å². The molecule has 0 spiro atoms. The van der Waals surface area contributed by atoms with Crippen molar-refractivity contribution in [3.8, 4) is 0 Å². The maximum absolute atomic E-state index is 10.9. The van der Waals surface area contributed by atoms with Gasteiger partial charge in [0.1, 0.15) is 0 Å². The standard InChI is InChI=1S/C11H13NO2/c12-6-8-9(10(8)11(13)14)7-4-2-1-3-5-7/h1-5,8-10H,6,12H2,(H,13,14). The van der Waals surface area contributed by atoms with Crippen LogP contribution >= 0.6 is 0 Å². The largest absolute Gasteiger partial charge is 0.481 e. The average Bonchev–Trinajstić information content (AvgIpc) is 2.93. The Hall–Kier alpha value is -1.35. The van der Waals surface area contributed by atoms with Gasteiger partial charge in [0, 0.05) is 5.92 Å². The van der Waals surface area contributed by atoms with Gasteiger partial charge in [0.05, 0.1) is 5.92 Å². The summed E-state index contributed by atoms with van der Waals surface area (Å²) >= 11 is 0. The van der Waals surface area contributed by atoms with Crippen LogP contribution in [0.25, 0.3) is 0 Å². The summed E-state index contributed by atoms with van der Waals surface area (Å²) in [4.78, 5) is 10.9. The minimum Gasteiger partial charge on any atom is -0.481 e. The van der Waals surface area contributed by atoms with Gasteiger partial charge in [0.25, 0.3) is 0 Å². The highest BCUT2D eigenvalue weighted by Gasteiger charge is 2.54. The number of hydrogen-bond donors (Lipinski definition) is 2. The van der Waals surface area contributed by atoms with E-state index in [2.05, 4.69) is 0 Å². The van der Waals surface area contributed by atoms with Crippen LogP contribution in [0.3, 0.4) is 0 Å². The topological polar surface area (TPSA) is 63.3 Å². The highest BCUT2D eigenvalue weighted by Crippen LogP contribution is 2.53. The molecule has 0 radical (unpaired) electrons. The van der Waals surface area contributed by atoms with Crippen molar-refractivity contribution >= 4 is 5.97 Å². The zero-order valence-corrected chi connectivity index (χ0v) is 7.76. The molecule has 1 aliphatic rings. The van der Waals surface area contributed by atoms with Crippen LogP contribution in [-0.4, -0.2) is 17.6 Å². The van der Waals surface area contributed by atoms with Crippen molar-refractivity contribution in [2.24, 2.45) is 17.6 Å². The summed E-state index contributed by atoms with van der Waals surface area (Å²) in [5, 5.41) is 8.93. The van der Waals surface area contributed by atoms with Crippen LogP contribution in [0, 0.1) is 11.8 Å².